The fourth-order valence-corrected chi connectivity index (χ4v) is 4.12. The van der Waals surface area contributed by atoms with Gasteiger partial charge in [0.05, 0.1) is 7.11 Å². The molecule has 4 nitrogen and oxygen atoms in total. The summed E-state index contributed by atoms with van der Waals surface area (Å²) in [5.74, 6) is 2.90. The molecule has 3 rings (SSSR count). The van der Waals surface area contributed by atoms with Crippen molar-refractivity contribution < 1.29 is 9.53 Å². The fourth-order valence-electron chi connectivity index (χ4n) is 4.12. The number of benzene rings is 1. The molecule has 0 spiro atoms. The molecule has 0 aliphatic carbocycles. The minimum absolute atomic E-state index is 0.344. The standard InChI is InChI=1S/C20H30N2O2/c1-15(16-7-10-21-11-8-16)13-20(23)22-12-9-18(14-22)17-3-5-19(24-2)6-4-17/h3-6,15-16,18,21H,7-14H2,1-2H3. The molecule has 1 amide bonds. The van der Waals surface area contributed by atoms with Crippen LogP contribution in [0.25, 0.3) is 0 Å². The van der Waals surface area contributed by atoms with Gasteiger partial charge < -0.3 is 15.0 Å². The van der Waals surface area contributed by atoms with Gasteiger partial charge in [0.15, 0.2) is 0 Å². The topological polar surface area (TPSA) is 41.6 Å². The Labute approximate surface area is 145 Å². The normalized spacial score (nSPS) is 23.2. The van der Waals surface area contributed by atoms with Gasteiger partial charge in [0, 0.05) is 25.4 Å². The van der Waals surface area contributed by atoms with E-state index in [9.17, 15) is 4.79 Å². The van der Waals surface area contributed by atoms with Crippen LogP contribution in [0.2, 0.25) is 0 Å². The molecule has 4 heteroatoms. The summed E-state index contributed by atoms with van der Waals surface area (Å²) < 4.78 is 5.22. The van der Waals surface area contributed by atoms with Crippen molar-refractivity contribution in [3.05, 3.63) is 29.8 Å². The van der Waals surface area contributed by atoms with Crippen LogP contribution in [-0.4, -0.2) is 44.1 Å². The number of rotatable bonds is 5. The van der Waals surface area contributed by atoms with E-state index in [0.717, 1.165) is 38.3 Å². The number of amides is 1. The van der Waals surface area contributed by atoms with Crippen LogP contribution >= 0.6 is 0 Å². The monoisotopic (exact) mass is 330 g/mol. The first kappa shape index (κ1) is 17.3. The third-order valence-corrected chi connectivity index (χ3v) is 5.81. The average Bonchev–Trinajstić information content (AvgIpc) is 3.13. The lowest BCUT2D eigenvalue weighted by Gasteiger charge is -2.29. The molecule has 2 aliphatic rings. The van der Waals surface area contributed by atoms with Crippen LogP contribution in [0.15, 0.2) is 24.3 Å². The largest absolute Gasteiger partial charge is 0.497 e. The fraction of sp³-hybridized carbons (Fsp3) is 0.650. The summed E-state index contributed by atoms with van der Waals surface area (Å²) in [7, 11) is 1.69. The Balaban J connectivity index is 1.51. The van der Waals surface area contributed by atoms with Gasteiger partial charge in [-0.05, 0) is 61.9 Å². The zero-order valence-electron chi connectivity index (χ0n) is 15.0. The predicted octanol–water partition coefficient (Wildman–Crippen LogP) is 3.04. The van der Waals surface area contributed by atoms with E-state index in [4.69, 9.17) is 4.74 Å². The Morgan fingerprint density at radius 2 is 1.96 bits per heavy atom. The van der Waals surface area contributed by atoms with Gasteiger partial charge in [-0.3, -0.25) is 4.79 Å². The van der Waals surface area contributed by atoms with Crippen LogP contribution in [0.3, 0.4) is 0 Å². The lowest BCUT2D eigenvalue weighted by molar-refractivity contribution is -0.131. The summed E-state index contributed by atoms with van der Waals surface area (Å²) in [4.78, 5) is 14.7. The van der Waals surface area contributed by atoms with Gasteiger partial charge in [-0.25, -0.2) is 0 Å². The Hall–Kier alpha value is -1.55. The van der Waals surface area contributed by atoms with Crippen LogP contribution < -0.4 is 10.1 Å². The number of ether oxygens (including phenoxy) is 1. The smallest absolute Gasteiger partial charge is 0.222 e. The second-order valence-corrected chi connectivity index (χ2v) is 7.37. The minimum Gasteiger partial charge on any atom is -0.497 e. The first-order valence-corrected chi connectivity index (χ1v) is 9.30. The number of likely N-dealkylation sites (tertiary alicyclic amines) is 1. The van der Waals surface area contributed by atoms with Gasteiger partial charge in [-0.15, -0.1) is 0 Å². The molecule has 24 heavy (non-hydrogen) atoms. The zero-order chi connectivity index (χ0) is 16.9. The summed E-state index contributed by atoms with van der Waals surface area (Å²) >= 11 is 0. The second-order valence-electron chi connectivity index (χ2n) is 7.37. The van der Waals surface area contributed by atoms with Crippen LogP contribution in [0.1, 0.15) is 44.1 Å². The van der Waals surface area contributed by atoms with E-state index in [2.05, 4.69) is 29.3 Å². The van der Waals surface area contributed by atoms with E-state index in [1.807, 2.05) is 12.1 Å². The number of hydrogen-bond acceptors (Lipinski definition) is 3. The molecule has 2 atom stereocenters. The second kappa shape index (κ2) is 8.02. The molecule has 2 heterocycles. The predicted molar refractivity (Wildman–Crippen MR) is 96.3 cm³/mol. The number of hydrogen-bond donors (Lipinski definition) is 1. The van der Waals surface area contributed by atoms with Gasteiger partial charge in [-0.1, -0.05) is 19.1 Å². The highest BCUT2D eigenvalue weighted by Crippen LogP contribution is 2.30. The van der Waals surface area contributed by atoms with E-state index in [0.29, 0.717) is 30.1 Å². The summed E-state index contributed by atoms with van der Waals surface area (Å²) in [5.41, 5.74) is 1.32. The third kappa shape index (κ3) is 4.10. The maximum Gasteiger partial charge on any atom is 0.222 e. The highest BCUT2D eigenvalue weighted by molar-refractivity contribution is 5.76. The quantitative estimate of drug-likeness (QED) is 0.902. The average molecular weight is 330 g/mol. The molecular weight excluding hydrogens is 300 g/mol. The van der Waals surface area contributed by atoms with Gasteiger partial charge in [0.25, 0.3) is 0 Å². The molecule has 0 aromatic heterocycles. The van der Waals surface area contributed by atoms with Crippen LogP contribution in [-0.2, 0) is 4.79 Å². The van der Waals surface area contributed by atoms with Crippen molar-refractivity contribution >= 4 is 5.91 Å². The summed E-state index contributed by atoms with van der Waals surface area (Å²) in [6, 6.07) is 8.29. The number of methoxy groups -OCH3 is 1. The van der Waals surface area contributed by atoms with Gasteiger partial charge in [-0.2, -0.15) is 0 Å². The molecule has 1 N–H and O–H groups in total. The van der Waals surface area contributed by atoms with Crippen molar-refractivity contribution in [2.45, 2.75) is 38.5 Å². The van der Waals surface area contributed by atoms with Gasteiger partial charge in [0.1, 0.15) is 5.75 Å². The number of piperidine rings is 1. The Morgan fingerprint density at radius 3 is 2.62 bits per heavy atom. The van der Waals surface area contributed by atoms with Crippen LogP contribution in [0.5, 0.6) is 5.75 Å². The van der Waals surface area contributed by atoms with E-state index in [1.165, 1.54) is 18.4 Å². The maximum absolute atomic E-state index is 12.7. The minimum atomic E-state index is 0.344. The molecule has 1 aromatic rings. The number of carbonyl (C=O) groups is 1. The van der Waals surface area contributed by atoms with Crippen molar-refractivity contribution in [2.75, 3.05) is 33.3 Å². The molecule has 0 radical (unpaired) electrons. The molecule has 2 aliphatic heterocycles. The van der Waals surface area contributed by atoms with Gasteiger partial charge >= 0.3 is 0 Å². The first-order chi connectivity index (χ1) is 11.7. The number of nitrogens with zero attached hydrogens (tertiary/aromatic N) is 1. The molecule has 132 valence electrons. The molecule has 2 unspecified atom stereocenters. The van der Waals surface area contributed by atoms with Gasteiger partial charge in [0.2, 0.25) is 5.91 Å². The Kier molecular flexibility index (Phi) is 5.77. The molecular formula is C20H30N2O2. The van der Waals surface area contributed by atoms with Crippen molar-refractivity contribution in [3.8, 4) is 5.75 Å². The van der Waals surface area contributed by atoms with Crippen LogP contribution in [0, 0.1) is 11.8 Å². The Morgan fingerprint density at radius 1 is 1.25 bits per heavy atom. The summed E-state index contributed by atoms with van der Waals surface area (Å²) in [6.45, 7) is 6.22. The Bertz CT molecular complexity index is 537. The van der Waals surface area contributed by atoms with Crippen LogP contribution in [0.4, 0.5) is 0 Å². The van der Waals surface area contributed by atoms with Crippen molar-refractivity contribution in [1.82, 2.24) is 10.2 Å². The number of nitrogens with one attached hydrogen (secondary N) is 1. The lowest BCUT2D eigenvalue weighted by Crippen LogP contribution is -2.34. The molecule has 2 saturated heterocycles. The van der Waals surface area contributed by atoms with E-state index in [1.54, 1.807) is 7.11 Å². The van der Waals surface area contributed by atoms with E-state index >= 15 is 0 Å². The number of carbonyl (C=O) groups excluding carboxylic acids is 1. The van der Waals surface area contributed by atoms with Crippen molar-refractivity contribution in [3.63, 3.8) is 0 Å². The van der Waals surface area contributed by atoms with E-state index in [-0.39, 0.29) is 0 Å². The molecule has 2 fully saturated rings. The van der Waals surface area contributed by atoms with E-state index < -0.39 is 0 Å². The summed E-state index contributed by atoms with van der Waals surface area (Å²) in [6.07, 6.45) is 4.20. The molecule has 1 aromatic carbocycles. The highest BCUT2D eigenvalue weighted by Gasteiger charge is 2.29. The SMILES string of the molecule is COc1ccc(C2CCN(C(=O)CC(C)C3CCNCC3)C2)cc1. The van der Waals surface area contributed by atoms with Crippen molar-refractivity contribution in [1.29, 1.82) is 0 Å². The summed E-state index contributed by atoms with van der Waals surface area (Å²) in [5, 5.41) is 3.41. The highest BCUT2D eigenvalue weighted by atomic mass is 16.5. The maximum atomic E-state index is 12.7. The zero-order valence-corrected chi connectivity index (χ0v) is 15.0. The third-order valence-electron chi connectivity index (χ3n) is 5.81. The molecule has 0 bridgehead atoms. The molecule has 0 saturated carbocycles. The lowest BCUT2D eigenvalue weighted by atomic mass is 9.84. The first-order valence-electron chi connectivity index (χ1n) is 9.30. The van der Waals surface area contributed by atoms with Crippen molar-refractivity contribution in [2.24, 2.45) is 11.8 Å².